The summed E-state index contributed by atoms with van der Waals surface area (Å²) < 4.78 is 6.27. The van der Waals surface area contributed by atoms with Gasteiger partial charge in [-0.3, -0.25) is 0 Å². The fourth-order valence-electron chi connectivity index (χ4n) is 3.20. The van der Waals surface area contributed by atoms with Crippen LogP contribution in [0.15, 0.2) is 71.1 Å². The second-order valence-electron chi connectivity index (χ2n) is 7.11. The molecule has 0 atom stereocenters. The molecule has 0 unspecified atom stereocenters. The van der Waals surface area contributed by atoms with Gasteiger partial charge in [0.1, 0.15) is 11.2 Å². The molecule has 114 valence electrons. The minimum Gasteiger partial charge on any atom is -0.456 e. The smallest absolute Gasteiger partial charge is 0.139 e. The highest BCUT2D eigenvalue weighted by Crippen LogP contribution is 2.37. The van der Waals surface area contributed by atoms with Gasteiger partial charge < -0.3 is 4.42 Å². The molecule has 0 aliphatic rings. The van der Waals surface area contributed by atoms with Gasteiger partial charge in [0.05, 0.1) is 0 Å². The molecule has 0 N–H and O–H groups in total. The van der Waals surface area contributed by atoms with Gasteiger partial charge in [0.2, 0.25) is 0 Å². The van der Waals surface area contributed by atoms with Crippen molar-refractivity contribution in [2.45, 2.75) is 26.2 Å². The Morgan fingerprint density at radius 2 is 1.48 bits per heavy atom. The maximum absolute atomic E-state index is 6.27. The van der Waals surface area contributed by atoms with Gasteiger partial charge in [-0.2, -0.15) is 0 Å². The molecule has 1 nitrogen and oxygen atoms in total. The van der Waals surface area contributed by atoms with E-state index in [0.717, 1.165) is 11.2 Å². The lowest BCUT2D eigenvalue weighted by atomic mass is 9.86. The van der Waals surface area contributed by atoms with E-state index in [0.29, 0.717) is 0 Å². The van der Waals surface area contributed by atoms with Crippen LogP contribution >= 0.6 is 0 Å². The summed E-state index contributed by atoms with van der Waals surface area (Å²) in [5.41, 5.74) is 5.70. The van der Waals surface area contributed by atoms with E-state index in [-0.39, 0.29) is 5.41 Å². The van der Waals surface area contributed by atoms with Crippen molar-refractivity contribution in [2.24, 2.45) is 0 Å². The Labute approximate surface area is 136 Å². The van der Waals surface area contributed by atoms with E-state index in [4.69, 9.17) is 4.42 Å². The normalized spacial score (nSPS) is 12.1. The Kier molecular flexibility index (Phi) is 3.05. The molecule has 0 aliphatic heterocycles. The minimum absolute atomic E-state index is 0.0651. The quantitative estimate of drug-likeness (QED) is 0.388. The van der Waals surface area contributed by atoms with E-state index < -0.39 is 0 Å². The molecule has 1 aromatic heterocycles. The SMILES string of the molecule is CC(C)(C)c1cccc2c1oc1cc(-c3ccccc3)ccc12. The largest absolute Gasteiger partial charge is 0.456 e. The Hall–Kier alpha value is -2.54. The number of benzene rings is 3. The number of fused-ring (bicyclic) bond motifs is 3. The first-order chi connectivity index (χ1) is 11.0. The summed E-state index contributed by atoms with van der Waals surface area (Å²) >= 11 is 0. The molecule has 23 heavy (non-hydrogen) atoms. The van der Waals surface area contributed by atoms with Crippen molar-refractivity contribution in [3.8, 4) is 11.1 Å². The maximum Gasteiger partial charge on any atom is 0.139 e. The van der Waals surface area contributed by atoms with Crippen LogP contribution in [0.4, 0.5) is 0 Å². The standard InChI is InChI=1S/C22H20O/c1-22(2,3)19-11-7-10-18-17-13-12-16(14-20(17)23-21(18)19)15-8-5-4-6-9-15/h4-14H,1-3H3. The molecule has 1 heterocycles. The number of hydrogen-bond donors (Lipinski definition) is 0. The number of para-hydroxylation sites is 1. The molecule has 0 amide bonds. The molecule has 0 bridgehead atoms. The van der Waals surface area contributed by atoms with Crippen molar-refractivity contribution < 1.29 is 4.42 Å². The third-order valence-corrected chi connectivity index (χ3v) is 4.41. The monoisotopic (exact) mass is 300 g/mol. The lowest BCUT2D eigenvalue weighted by Gasteiger charge is -2.18. The van der Waals surface area contributed by atoms with Crippen LogP contribution in [-0.4, -0.2) is 0 Å². The van der Waals surface area contributed by atoms with Gasteiger partial charge in [-0.15, -0.1) is 0 Å². The Morgan fingerprint density at radius 3 is 2.22 bits per heavy atom. The van der Waals surface area contributed by atoms with Crippen molar-refractivity contribution in [2.75, 3.05) is 0 Å². The first kappa shape index (κ1) is 14.1. The predicted octanol–water partition coefficient (Wildman–Crippen LogP) is 6.55. The van der Waals surface area contributed by atoms with E-state index in [1.54, 1.807) is 0 Å². The number of rotatable bonds is 1. The van der Waals surface area contributed by atoms with E-state index >= 15 is 0 Å². The fraction of sp³-hybridized carbons (Fsp3) is 0.182. The van der Waals surface area contributed by atoms with Crippen LogP contribution in [-0.2, 0) is 5.41 Å². The zero-order valence-electron chi connectivity index (χ0n) is 13.8. The molecule has 3 aromatic carbocycles. The topological polar surface area (TPSA) is 13.1 Å². The van der Waals surface area contributed by atoms with Gasteiger partial charge in [0, 0.05) is 16.3 Å². The first-order valence-electron chi connectivity index (χ1n) is 8.05. The highest BCUT2D eigenvalue weighted by Gasteiger charge is 2.20. The van der Waals surface area contributed by atoms with Gasteiger partial charge in [-0.25, -0.2) is 0 Å². The molecule has 0 radical (unpaired) electrons. The highest BCUT2D eigenvalue weighted by atomic mass is 16.3. The van der Waals surface area contributed by atoms with Crippen LogP contribution in [0, 0.1) is 0 Å². The second-order valence-corrected chi connectivity index (χ2v) is 7.11. The van der Waals surface area contributed by atoms with Gasteiger partial charge in [0.25, 0.3) is 0 Å². The molecule has 0 saturated heterocycles. The summed E-state index contributed by atoms with van der Waals surface area (Å²) in [5, 5.41) is 2.39. The zero-order valence-corrected chi connectivity index (χ0v) is 13.8. The van der Waals surface area contributed by atoms with Crippen LogP contribution in [0.5, 0.6) is 0 Å². The Bertz CT molecular complexity index is 985. The average molecular weight is 300 g/mol. The summed E-state index contributed by atoms with van der Waals surface area (Å²) in [4.78, 5) is 0. The fourth-order valence-corrected chi connectivity index (χ4v) is 3.20. The second kappa shape index (κ2) is 4.99. The van der Waals surface area contributed by atoms with Crippen LogP contribution in [0.3, 0.4) is 0 Å². The molecule has 0 fully saturated rings. The first-order valence-corrected chi connectivity index (χ1v) is 8.05. The third-order valence-electron chi connectivity index (χ3n) is 4.41. The number of furan rings is 1. The maximum atomic E-state index is 6.27. The lowest BCUT2D eigenvalue weighted by Crippen LogP contribution is -2.10. The van der Waals surface area contributed by atoms with Crippen LogP contribution < -0.4 is 0 Å². The third kappa shape index (κ3) is 2.33. The summed E-state index contributed by atoms with van der Waals surface area (Å²) in [7, 11) is 0. The van der Waals surface area contributed by atoms with Crippen molar-refractivity contribution in [3.63, 3.8) is 0 Å². The minimum atomic E-state index is 0.0651. The zero-order chi connectivity index (χ0) is 16.0. The Morgan fingerprint density at radius 1 is 0.696 bits per heavy atom. The van der Waals surface area contributed by atoms with Gasteiger partial charge in [-0.05, 0) is 28.7 Å². The lowest BCUT2D eigenvalue weighted by molar-refractivity contribution is 0.573. The van der Waals surface area contributed by atoms with Crippen LogP contribution in [0.1, 0.15) is 26.3 Å². The van der Waals surface area contributed by atoms with Gasteiger partial charge in [-0.1, -0.05) is 75.4 Å². The van der Waals surface area contributed by atoms with E-state index in [2.05, 4.69) is 81.4 Å². The summed E-state index contributed by atoms with van der Waals surface area (Å²) in [6.07, 6.45) is 0. The van der Waals surface area contributed by atoms with Gasteiger partial charge in [0.15, 0.2) is 0 Å². The highest BCUT2D eigenvalue weighted by molar-refractivity contribution is 6.07. The van der Waals surface area contributed by atoms with Crippen molar-refractivity contribution >= 4 is 21.9 Å². The van der Waals surface area contributed by atoms with Crippen molar-refractivity contribution in [3.05, 3.63) is 72.3 Å². The average Bonchev–Trinajstić information content (AvgIpc) is 2.92. The molecular weight excluding hydrogens is 280 g/mol. The van der Waals surface area contributed by atoms with E-state index in [1.807, 2.05) is 6.07 Å². The van der Waals surface area contributed by atoms with E-state index in [9.17, 15) is 0 Å². The van der Waals surface area contributed by atoms with Gasteiger partial charge >= 0.3 is 0 Å². The molecule has 1 heteroatoms. The molecule has 4 aromatic rings. The van der Waals surface area contributed by atoms with E-state index in [1.165, 1.54) is 27.5 Å². The van der Waals surface area contributed by atoms with Crippen molar-refractivity contribution in [1.82, 2.24) is 0 Å². The summed E-state index contributed by atoms with van der Waals surface area (Å²) in [6.45, 7) is 6.68. The molecule has 4 rings (SSSR count). The Balaban J connectivity index is 1.99. The summed E-state index contributed by atoms with van der Waals surface area (Å²) in [5.74, 6) is 0. The summed E-state index contributed by atoms with van der Waals surface area (Å²) in [6, 6.07) is 23.4. The molecular formula is C22H20O. The van der Waals surface area contributed by atoms with Crippen LogP contribution in [0.25, 0.3) is 33.1 Å². The van der Waals surface area contributed by atoms with Crippen molar-refractivity contribution in [1.29, 1.82) is 0 Å². The van der Waals surface area contributed by atoms with Crippen LogP contribution in [0.2, 0.25) is 0 Å². The molecule has 0 saturated carbocycles. The predicted molar refractivity (Wildman–Crippen MR) is 97.9 cm³/mol. The number of hydrogen-bond acceptors (Lipinski definition) is 1. The molecule has 0 aliphatic carbocycles. The molecule has 0 spiro atoms.